The number of rotatable bonds is 3. The van der Waals surface area contributed by atoms with Gasteiger partial charge in [0.05, 0.1) is 13.1 Å². The quantitative estimate of drug-likeness (QED) is 0.818. The molecule has 1 aromatic heterocycles. The van der Waals surface area contributed by atoms with Crippen molar-refractivity contribution in [3.8, 4) is 11.8 Å². The number of nitrogens with two attached hydrogens (primary N) is 1. The summed E-state index contributed by atoms with van der Waals surface area (Å²) in [6.45, 7) is 4.05. The standard InChI is InChI=1S/C15H16N4O2/c1-10-12(6-4-8-16)5-3-7-13(10)15(20)17-9-14-18-11(2)19-21-14/h3,5,7H,8-9,16H2,1-2H3,(H,17,20). The molecular weight excluding hydrogens is 268 g/mol. The molecule has 3 N–H and O–H groups in total. The van der Waals surface area contributed by atoms with Gasteiger partial charge in [-0.05, 0) is 31.5 Å². The van der Waals surface area contributed by atoms with Crippen molar-refractivity contribution in [1.82, 2.24) is 15.5 Å². The summed E-state index contributed by atoms with van der Waals surface area (Å²) in [7, 11) is 0. The Balaban J connectivity index is 2.12. The minimum Gasteiger partial charge on any atom is -0.343 e. The lowest BCUT2D eigenvalue weighted by molar-refractivity contribution is 0.0945. The van der Waals surface area contributed by atoms with E-state index in [0.29, 0.717) is 17.3 Å². The predicted molar refractivity (Wildman–Crippen MR) is 77.3 cm³/mol. The van der Waals surface area contributed by atoms with Crippen LogP contribution in [0.2, 0.25) is 0 Å². The summed E-state index contributed by atoms with van der Waals surface area (Å²) in [5.74, 6) is 6.43. The second-order valence-electron chi connectivity index (χ2n) is 4.40. The van der Waals surface area contributed by atoms with Gasteiger partial charge in [-0.3, -0.25) is 4.79 Å². The Labute approximate surface area is 122 Å². The molecule has 1 amide bonds. The smallest absolute Gasteiger partial charge is 0.252 e. The topological polar surface area (TPSA) is 94.0 Å². The van der Waals surface area contributed by atoms with Crippen molar-refractivity contribution in [2.24, 2.45) is 5.73 Å². The van der Waals surface area contributed by atoms with Gasteiger partial charge in [0, 0.05) is 11.1 Å². The lowest BCUT2D eigenvalue weighted by atomic mass is 10.0. The number of amides is 1. The van der Waals surface area contributed by atoms with Gasteiger partial charge in [-0.15, -0.1) is 0 Å². The zero-order valence-corrected chi connectivity index (χ0v) is 11.9. The Bertz CT molecular complexity index is 710. The van der Waals surface area contributed by atoms with Gasteiger partial charge in [-0.25, -0.2) is 0 Å². The zero-order chi connectivity index (χ0) is 15.2. The largest absolute Gasteiger partial charge is 0.343 e. The second kappa shape index (κ2) is 6.68. The average Bonchev–Trinajstić information content (AvgIpc) is 2.89. The van der Waals surface area contributed by atoms with E-state index < -0.39 is 0 Å². The second-order valence-corrected chi connectivity index (χ2v) is 4.40. The highest BCUT2D eigenvalue weighted by Gasteiger charge is 2.12. The van der Waals surface area contributed by atoms with Crippen LogP contribution in [0.15, 0.2) is 22.7 Å². The Morgan fingerprint density at radius 3 is 2.90 bits per heavy atom. The molecule has 2 rings (SSSR count). The van der Waals surface area contributed by atoms with Crippen LogP contribution in [-0.2, 0) is 6.54 Å². The van der Waals surface area contributed by atoms with Crippen molar-refractivity contribution >= 4 is 5.91 Å². The van der Waals surface area contributed by atoms with E-state index >= 15 is 0 Å². The monoisotopic (exact) mass is 284 g/mol. The fraction of sp³-hybridized carbons (Fsp3) is 0.267. The molecule has 0 saturated carbocycles. The van der Waals surface area contributed by atoms with E-state index in [1.54, 1.807) is 19.1 Å². The third-order valence-corrected chi connectivity index (χ3v) is 2.87. The molecule has 0 saturated heterocycles. The molecule has 21 heavy (non-hydrogen) atoms. The number of aromatic nitrogens is 2. The number of nitrogens with one attached hydrogen (secondary N) is 1. The molecule has 0 spiro atoms. The van der Waals surface area contributed by atoms with Gasteiger partial charge < -0.3 is 15.6 Å². The fourth-order valence-electron chi connectivity index (χ4n) is 1.83. The number of hydrogen-bond donors (Lipinski definition) is 2. The molecule has 1 aromatic carbocycles. The first-order chi connectivity index (χ1) is 10.1. The summed E-state index contributed by atoms with van der Waals surface area (Å²) >= 11 is 0. The highest BCUT2D eigenvalue weighted by molar-refractivity contribution is 5.96. The summed E-state index contributed by atoms with van der Waals surface area (Å²) < 4.78 is 4.95. The van der Waals surface area contributed by atoms with Crippen molar-refractivity contribution in [2.45, 2.75) is 20.4 Å². The molecule has 0 bridgehead atoms. The van der Waals surface area contributed by atoms with Crippen LogP contribution in [0.1, 0.15) is 33.2 Å². The van der Waals surface area contributed by atoms with Crippen molar-refractivity contribution in [1.29, 1.82) is 0 Å². The van der Waals surface area contributed by atoms with Crippen LogP contribution >= 0.6 is 0 Å². The maximum atomic E-state index is 12.2. The van der Waals surface area contributed by atoms with Crippen molar-refractivity contribution in [3.63, 3.8) is 0 Å². The molecule has 6 heteroatoms. The highest BCUT2D eigenvalue weighted by Crippen LogP contribution is 2.13. The number of carbonyl (C=O) groups excluding carboxylic acids is 1. The van der Waals surface area contributed by atoms with Crippen LogP contribution in [-0.4, -0.2) is 22.6 Å². The molecule has 108 valence electrons. The normalized spacial score (nSPS) is 9.86. The third kappa shape index (κ3) is 3.68. The molecule has 0 fully saturated rings. The lowest BCUT2D eigenvalue weighted by Gasteiger charge is -2.07. The van der Waals surface area contributed by atoms with Gasteiger partial charge in [0.15, 0.2) is 5.82 Å². The molecule has 0 aliphatic carbocycles. The zero-order valence-electron chi connectivity index (χ0n) is 11.9. The van der Waals surface area contributed by atoms with Gasteiger partial charge in [-0.1, -0.05) is 23.1 Å². The van der Waals surface area contributed by atoms with Gasteiger partial charge in [0.1, 0.15) is 0 Å². The number of carbonyl (C=O) groups is 1. The number of benzene rings is 1. The SMILES string of the molecule is Cc1noc(CNC(=O)c2cccc(C#CCN)c2C)n1. The molecule has 6 nitrogen and oxygen atoms in total. The molecule has 0 unspecified atom stereocenters. The molecule has 0 aliphatic rings. The number of aryl methyl sites for hydroxylation is 1. The lowest BCUT2D eigenvalue weighted by Crippen LogP contribution is -2.24. The van der Waals surface area contributed by atoms with Crippen molar-refractivity contribution in [3.05, 3.63) is 46.6 Å². The molecular formula is C15H16N4O2. The Kier molecular flexibility index (Phi) is 4.69. The summed E-state index contributed by atoms with van der Waals surface area (Å²) in [4.78, 5) is 16.2. The Morgan fingerprint density at radius 2 is 2.24 bits per heavy atom. The first kappa shape index (κ1) is 14.8. The number of nitrogens with zero attached hydrogens (tertiary/aromatic N) is 2. The summed E-state index contributed by atoms with van der Waals surface area (Å²) in [5, 5.41) is 6.41. The first-order valence-corrected chi connectivity index (χ1v) is 6.47. The predicted octanol–water partition coefficient (Wildman–Crippen LogP) is 0.927. The van der Waals surface area contributed by atoms with Crippen LogP contribution < -0.4 is 11.1 Å². The average molecular weight is 284 g/mol. The fourth-order valence-corrected chi connectivity index (χ4v) is 1.83. The van der Waals surface area contributed by atoms with Crippen molar-refractivity contribution < 1.29 is 9.32 Å². The first-order valence-electron chi connectivity index (χ1n) is 6.47. The van der Waals surface area contributed by atoms with E-state index in [-0.39, 0.29) is 19.0 Å². The van der Waals surface area contributed by atoms with Gasteiger partial charge >= 0.3 is 0 Å². The Hall–Kier alpha value is -2.65. The van der Waals surface area contributed by atoms with E-state index in [9.17, 15) is 4.79 Å². The van der Waals surface area contributed by atoms with Crippen LogP contribution in [0.25, 0.3) is 0 Å². The van der Waals surface area contributed by atoms with Gasteiger partial charge in [0.25, 0.3) is 5.91 Å². The van der Waals surface area contributed by atoms with Gasteiger partial charge in [-0.2, -0.15) is 4.98 Å². The van der Waals surface area contributed by atoms with Crippen LogP contribution in [0, 0.1) is 25.7 Å². The van der Waals surface area contributed by atoms with E-state index in [1.165, 1.54) is 0 Å². The number of hydrogen-bond acceptors (Lipinski definition) is 5. The van der Waals surface area contributed by atoms with E-state index in [0.717, 1.165) is 11.1 Å². The van der Waals surface area contributed by atoms with Crippen LogP contribution in [0.5, 0.6) is 0 Å². The molecule has 1 heterocycles. The third-order valence-electron chi connectivity index (χ3n) is 2.87. The van der Waals surface area contributed by atoms with Crippen LogP contribution in [0.3, 0.4) is 0 Å². The minimum atomic E-state index is -0.209. The summed E-state index contributed by atoms with van der Waals surface area (Å²) in [5.41, 5.74) is 7.54. The Morgan fingerprint density at radius 1 is 1.43 bits per heavy atom. The molecule has 0 radical (unpaired) electrons. The van der Waals surface area contributed by atoms with E-state index in [1.807, 2.05) is 13.0 Å². The maximum Gasteiger partial charge on any atom is 0.252 e. The minimum absolute atomic E-state index is 0.192. The molecule has 0 atom stereocenters. The van der Waals surface area contributed by atoms with Crippen LogP contribution in [0.4, 0.5) is 0 Å². The summed E-state index contributed by atoms with van der Waals surface area (Å²) in [6, 6.07) is 5.40. The van der Waals surface area contributed by atoms with E-state index in [4.69, 9.17) is 10.3 Å². The highest BCUT2D eigenvalue weighted by atomic mass is 16.5. The van der Waals surface area contributed by atoms with Crippen molar-refractivity contribution in [2.75, 3.05) is 6.54 Å². The molecule has 2 aromatic rings. The van der Waals surface area contributed by atoms with Gasteiger partial charge in [0.2, 0.25) is 5.89 Å². The summed E-state index contributed by atoms with van der Waals surface area (Å²) in [6.07, 6.45) is 0. The maximum absolute atomic E-state index is 12.2. The van der Waals surface area contributed by atoms with E-state index in [2.05, 4.69) is 27.3 Å². The molecule has 0 aliphatic heterocycles.